The molecule has 3 rings (SSSR count). The van der Waals surface area contributed by atoms with E-state index in [-0.39, 0.29) is 6.42 Å². The van der Waals surface area contributed by atoms with Gasteiger partial charge >= 0.3 is 6.18 Å². The third-order valence-electron chi connectivity index (χ3n) is 4.42. The smallest absolute Gasteiger partial charge is 0.414 e. The number of halogens is 3. The molecule has 0 bridgehead atoms. The Morgan fingerprint density at radius 3 is 2.69 bits per heavy atom. The zero-order valence-electron chi connectivity index (χ0n) is 14.4. The van der Waals surface area contributed by atoms with Gasteiger partial charge in [0.15, 0.2) is 6.10 Å². The van der Waals surface area contributed by atoms with Gasteiger partial charge in [0.2, 0.25) is 0 Å². The molecule has 1 aliphatic rings. The zero-order valence-corrected chi connectivity index (χ0v) is 14.4. The average Bonchev–Trinajstić information content (AvgIpc) is 2.58. The highest BCUT2D eigenvalue weighted by Gasteiger charge is 2.39. The Balaban J connectivity index is 1.72. The molecule has 4 nitrogen and oxygen atoms in total. The molecular formula is C19H21F3N2O2. The predicted molar refractivity (Wildman–Crippen MR) is 92.1 cm³/mol. The van der Waals surface area contributed by atoms with E-state index in [4.69, 9.17) is 4.74 Å². The summed E-state index contributed by atoms with van der Waals surface area (Å²) in [6, 6.07) is 9.19. The van der Waals surface area contributed by atoms with Gasteiger partial charge in [0, 0.05) is 31.3 Å². The van der Waals surface area contributed by atoms with Crippen molar-refractivity contribution in [3.05, 3.63) is 48.3 Å². The van der Waals surface area contributed by atoms with E-state index >= 15 is 0 Å². The molecular weight excluding hydrogens is 345 g/mol. The Morgan fingerprint density at radius 2 is 2.04 bits per heavy atom. The number of nitrogens with one attached hydrogen (secondary N) is 1. The maximum Gasteiger partial charge on any atom is 0.414 e. The second kappa shape index (κ2) is 8.05. The lowest BCUT2D eigenvalue weighted by Crippen LogP contribution is -2.46. The molecule has 0 amide bonds. The van der Waals surface area contributed by atoms with Crippen LogP contribution in [-0.2, 0) is 11.2 Å². The molecule has 2 aromatic rings. The molecule has 0 aliphatic carbocycles. The zero-order chi connectivity index (χ0) is 18.6. The first-order chi connectivity index (χ1) is 12.5. The van der Waals surface area contributed by atoms with Gasteiger partial charge < -0.3 is 14.8 Å². The highest BCUT2D eigenvalue weighted by molar-refractivity contribution is 5.64. The van der Waals surface area contributed by atoms with Gasteiger partial charge in [-0.05, 0) is 30.2 Å². The van der Waals surface area contributed by atoms with Gasteiger partial charge in [-0.2, -0.15) is 13.2 Å². The van der Waals surface area contributed by atoms with E-state index in [1.54, 1.807) is 30.6 Å². The molecule has 2 heterocycles. The second-order valence-corrected chi connectivity index (χ2v) is 6.33. The van der Waals surface area contributed by atoms with Crippen LogP contribution >= 0.6 is 0 Å². The summed E-state index contributed by atoms with van der Waals surface area (Å²) in [7, 11) is 1.07. The first kappa shape index (κ1) is 18.7. The van der Waals surface area contributed by atoms with E-state index in [9.17, 15) is 13.2 Å². The van der Waals surface area contributed by atoms with E-state index in [1.807, 2.05) is 12.1 Å². The van der Waals surface area contributed by atoms with Gasteiger partial charge in [0.25, 0.3) is 0 Å². The molecule has 1 saturated heterocycles. The molecule has 1 aromatic carbocycles. The van der Waals surface area contributed by atoms with Crippen molar-refractivity contribution in [3.63, 3.8) is 0 Å². The Bertz CT molecular complexity index is 733. The fraction of sp³-hybridized carbons (Fsp3) is 0.421. The molecule has 1 aromatic heterocycles. The number of pyridine rings is 1. The molecule has 7 heteroatoms. The fourth-order valence-electron chi connectivity index (χ4n) is 2.77. The summed E-state index contributed by atoms with van der Waals surface area (Å²) < 4.78 is 49.1. The van der Waals surface area contributed by atoms with E-state index in [0.29, 0.717) is 24.0 Å². The van der Waals surface area contributed by atoms with Crippen molar-refractivity contribution in [3.8, 4) is 16.9 Å². The van der Waals surface area contributed by atoms with Gasteiger partial charge in [0.05, 0.1) is 6.20 Å². The van der Waals surface area contributed by atoms with Crippen molar-refractivity contribution < 1.29 is 22.6 Å². The average molecular weight is 366 g/mol. The van der Waals surface area contributed by atoms with Crippen LogP contribution in [0.5, 0.6) is 5.75 Å². The Hall–Kier alpha value is -2.12. The first-order valence-corrected chi connectivity index (χ1v) is 8.46. The van der Waals surface area contributed by atoms with Crippen LogP contribution in [-0.4, -0.2) is 43.6 Å². The lowest BCUT2D eigenvalue weighted by molar-refractivity contribution is -0.212. The third-order valence-corrected chi connectivity index (χ3v) is 4.42. The number of ether oxygens (including phenoxy) is 2. The van der Waals surface area contributed by atoms with Crippen LogP contribution in [0, 0.1) is 0 Å². The summed E-state index contributed by atoms with van der Waals surface area (Å²) in [5.74, 6) is 0.645. The van der Waals surface area contributed by atoms with E-state index in [0.717, 1.165) is 31.2 Å². The number of hydrogen-bond acceptors (Lipinski definition) is 4. The van der Waals surface area contributed by atoms with Crippen LogP contribution in [0.2, 0.25) is 0 Å². The van der Waals surface area contributed by atoms with Crippen LogP contribution in [0.1, 0.15) is 12.0 Å². The molecule has 0 saturated carbocycles. The molecule has 2 atom stereocenters. The minimum Gasteiger partial charge on any atom is -0.490 e. The standard InChI is InChI=1S/C19H21F3N2O2/c1-25-18(19(20,21)22)8-13-3-2-4-14(7-13)15-9-17(11-23-10-15)26-12-16-5-6-24-16/h2-4,7,9-11,16,18,24H,5-6,8,12H2,1H3/t16-,18+/m0/s1. The molecule has 0 unspecified atom stereocenters. The van der Waals surface area contributed by atoms with Gasteiger partial charge in [0.1, 0.15) is 12.4 Å². The highest BCUT2D eigenvalue weighted by atomic mass is 19.4. The lowest BCUT2D eigenvalue weighted by atomic mass is 10.0. The fourth-order valence-corrected chi connectivity index (χ4v) is 2.77. The van der Waals surface area contributed by atoms with Gasteiger partial charge in [-0.1, -0.05) is 24.3 Å². The molecule has 1 fully saturated rings. The molecule has 26 heavy (non-hydrogen) atoms. The summed E-state index contributed by atoms with van der Waals surface area (Å²) in [5, 5.41) is 3.26. The number of alkyl halides is 3. The Labute approximate surface area is 150 Å². The molecule has 1 aliphatic heterocycles. The summed E-state index contributed by atoms with van der Waals surface area (Å²) in [6.45, 7) is 1.59. The highest BCUT2D eigenvalue weighted by Crippen LogP contribution is 2.28. The molecule has 0 spiro atoms. The topological polar surface area (TPSA) is 43.4 Å². The van der Waals surface area contributed by atoms with Crippen molar-refractivity contribution >= 4 is 0 Å². The largest absolute Gasteiger partial charge is 0.490 e. The summed E-state index contributed by atoms with van der Waals surface area (Å²) in [6.07, 6.45) is -2.04. The molecule has 1 N–H and O–H groups in total. The van der Waals surface area contributed by atoms with Crippen molar-refractivity contribution in [1.82, 2.24) is 10.3 Å². The van der Waals surface area contributed by atoms with Crippen LogP contribution in [0.4, 0.5) is 13.2 Å². The van der Waals surface area contributed by atoms with Gasteiger partial charge in [-0.15, -0.1) is 0 Å². The van der Waals surface area contributed by atoms with Gasteiger partial charge in [-0.25, -0.2) is 0 Å². The van der Waals surface area contributed by atoms with Crippen molar-refractivity contribution in [2.45, 2.75) is 31.2 Å². The third kappa shape index (κ3) is 4.74. The maximum atomic E-state index is 12.9. The van der Waals surface area contributed by atoms with Crippen molar-refractivity contribution in [1.29, 1.82) is 0 Å². The van der Waals surface area contributed by atoms with Crippen LogP contribution in [0.25, 0.3) is 11.1 Å². The Kier molecular flexibility index (Phi) is 5.78. The number of hydrogen-bond donors (Lipinski definition) is 1. The van der Waals surface area contributed by atoms with E-state index < -0.39 is 12.3 Å². The monoisotopic (exact) mass is 366 g/mol. The van der Waals surface area contributed by atoms with Crippen LogP contribution in [0.15, 0.2) is 42.7 Å². The SMILES string of the molecule is CO[C@H](Cc1cccc(-c2cncc(OC[C@@H]3CCN3)c2)c1)C(F)(F)F. The number of benzene rings is 1. The van der Waals surface area contributed by atoms with E-state index in [1.165, 1.54) is 0 Å². The van der Waals surface area contributed by atoms with Crippen molar-refractivity contribution in [2.75, 3.05) is 20.3 Å². The number of nitrogens with zero attached hydrogens (tertiary/aromatic N) is 1. The normalized spacial score (nSPS) is 18.2. The minimum atomic E-state index is -4.39. The quantitative estimate of drug-likeness (QED) is 0.813. The van der Waals surface area contributed by atoms with Crippen LogP contribution < -0.4 is 10.1 Å². The predicted octanol–water partition coefficient (Wildman–Crippen LogP) is 3.61. The van der Waals surface area contributed by atoms with Crippen molar-refractivity contribution in [2.24, 2.45) is 0 Å². The second-order valence-electron chi connectivity index (χ2n) is 6.33. The number of rotatable bonds is 7. The minimum absolute atomic E-state index is 0.231. The molecule has 0 radical (unpaired) electrons. The van der Waals surface area contributed by atoms with E-state index in [2.05, 4.69) is 15.0 Å². The summed E-state index contributed by atoms with van der Waals surface area (Å²) in [5.41, 5.74) is 2.14. The van der Waals surface area contributed by atoms with Crippen LogP contribution in [0.3, 0.4) is 0 Å². The summed E-state index contributed by atoms with van der Waals surface area (Å²) in [4.78, 5) is 4.18. The number of methoxy groups -OCH3 is 1. The number of aromatic nitrogens is 1. The first-order valence-electron chi connectivity index (χ1n) is 8.46. The Morgan fingerprint density at radius 1 is 1.23 bits per heavy atom. The van der Waals surface area contributed by atoms with Gasteiger partial charge in [-0.3, -0.25) is 4.98 Å². The molecule has 140 valence electrons. The lowest BCUT2D eigenvalue weighted by Gasteiger charge is -2.27. The maximum absolute atomic E-state index is 12.9. The summed E-state index contributed by atoms with van der Waals surface area (Å²) >= 11 is 0.